The Kier molecular flexibility index (Phi) is 5.27. The predicted octanol–water partition coefficient (Wildman–Crippen LogP) is 2.19. The standard InChI is InChI=1S/C14H18ClN3O3/c1-2-21-14(20)18-7-5-17(6-8-18)13-4-3-11(16-10-19)9-12(13)15/h3-4,9-10H,2,5-8H2,1H3,(H,16,19). The van der Waals surface area contributed by atoms with Gasteiger partial charge in [-0.25, -0.2) is 4.79 Å². The van der Waals surface area contributed by atoms with Gasteiger partial charge in [-0.1, -0.05) is 11.6 Å². The fourth-order valence-corrected chi connectivity index (χ4v) is 2.57. The molecule has 21 heavy (non-hydrogen) atoms. The van der Waals surface area contributed by atoms with E-state index in [0.717, 1.165) is 5.69 Å². The average molecular weight is 312 g/mol. The first-order valence-corrected chi connectivity index (χ1v) is 7.20. The molecule has 2 amide bonds. The van der Waals surface area contributed by atoms with Gasteiger partial charge in [-0.05, 0) is 25.1 Å². The zero-order chi connectivity index (χ0) is 15.2. The number of nitrogens with one attached hydrogen (secondary N) is 1. The lowest BCUT2D eigenvalue weighted by Gasteiger charge is -2.35. The number of carbonyl (C=O) groups is 2. The first-order valence-electron chi connectivity index (χ1n) is 6.82. The van der Waals surface area contributed by atoms with Gasteiger partial charge >= 0.3 is 6.09 Å². The molecule has 1 aromatic rings. The van der Waals surface area contributed by atoms with Gasteiger partial charge in [0, 0.05) is 31.9 Å². The highest BCUT2D eigenvalue weighted by molar-refractivity contribution is 6.33. The Morgan fingerprint density at radius 3 is 2.67 bits per heavy atom. The zero-order valence-corrected chi connectivity index (χ0v) is 12.6. The van der Waals surface area contributed by atoms with E-state index >= 15 is 0 Å². The molecule has 1 aromatic carbocycles. The van der Waals surface area contributed by atoms with Gasteiger partial charge in [0.05, 0.1) is 17.3 Å². The summed E-state index contributed by atoms with van der Waals surface area (Å²) in [7, 11) is 0. The van der Waals surface area contributed by atoms with Crippen LogP contribution in [0.5, 0.6) is 0 Å². The van der Waals surface area contributed by atoms with Crippen molar-refractivity contribution in [1.29, 1.82) is 0 Å². The number of hydrogen-bond acceptors (Lipinski definition) is 4. The third-order valence-electron chi connectivity index (χ3n) is 3.32. The average Bonchev–Trinajstić information content (AvgIpc) is 2.48. The van der Waals surface area contributed by atoms with Crippen LogP contribution >= 0.6 is 11.6 Å². The number of nitrogens with zero attached hydrogens (tertiary/aromatic N) is 2. The molecule has 114 valence electrons. The first kappa shape index (κ1) is 15.4. The number of rotatable bonds is 4. The molecular formula is C14H18ClN3O3. The fraction of sp³-hybridized carbons (Fsp3) is 0.429. The number of piperazine rings is 1. The van der Waals surface area contributed by atoms with Crippen LogP contribution in [-0.2, 0) is 9.53 Å². The van der Waals surface area contributed by atoms with Crippen molar-refractivity contribution in [2.24, 2.45) is 0 Å². The van der Waals surface area contributed by atoms with Crippen molar-refractivity contribution in [3.8, 4) is 0 Å². The van der Waals surface area contributed by atoms with Crippen LogP contribution in [0.1, 0.15) is 6.92 Å². The van der Waals surface area contributed by atoms with E-state index in [4.69, 9.17) is 16.3 Å². The van der Waals surface area contributed by atoms with Crippen LogP contribution in [-0.4, -0.2) is 50.2 Å². The minimum absolute atomic E-state index is 0.270. The van der Waals surface area contributed by atoms with Crippen molar-refractivity contribution in [2.75, 3.05) is 43.0 Å². The Morgan fingerprint density at radius 1 is 1.38 bits per heavy atom. The summed E-state index contributed by atoms with van der Waals surface area (Å²) in [6.07, 6.45) is 0.345. The zero-order valence-electron chi connectivity index (χ0n) is 11.8. The molecule has 0 atom stereocenters. The number of benzene rings is 1. The second-order valence-electron chi connectivity index (χ2n) is 4.60. The van der Waals surface area contributed by atoms with Gasteiger partial charge in [0.25, 0.3) is 0 Å². The van der Waals surface area contributed by atoms with Crippen molar-refractivity contribution in [2.45, 2.75) is 6.92 Å². The SMILES string of the molecule is CCOC(=O)N1CCN(c2ccc(NC=O)cc2Cl)CC1. The minimum atomic E-state index is -0.270. The second kappa shape index (κ2) is 7.17. The molecule has 1 fully saturated rings. The molecule has 0 bridgehead atoms. The maximum Gasteiger partial charge on any atom is 0.409 e. The summed E-state index contributed by atoms with van der Waals surface area (Å²) in [5, 5.41) is 3.14. The van der Waals surface area contributed by atoms with Crippen LogP contribution in [0.3, 0.4) is 0 Å². The summed E-state index contributed by atoms with van der Waals surface area (Å²) < 4.78 is 4.99. The van der Waals surface area contributed by atoms with Gasteiger partial charge < -0.3 is 19.9 Å². The van der Waals surface area contributed by atoms with Gasteiger partial charge in [0.15, 0.2) is 0 Å². The van der Waals surface area contributed by atoms with Gasteiger partial charge in [-0.3, -0.25) is 4.79 Å². The molecule has 0 aromatic heterocycles. The lowest BCUT2D eigenvalue weighted by Crippen LogP contribution is -2.49. The highest BCUT2D eigenvalue weighted by Crippen LogP contribution is 2.29. The van der Waals surface area contributed by atoms with E-state index in [1.165, 1.54) is 0 Å². The van der Waals surface area contributed by atoms with Crippen molar-refractivity contribution in [3.63, 3.8) is 0 Å². The van der Waals surface area contributed by atoms with Crippen molar-refractivity contribution in [1.82, 2.24) is 4.90 Å². The fourth-order valence-electron chi connectivity index (χ4n) is 2.27. The van der Waals surface area contributed by atoms with E-state index < -0.39 is 0 Å². The van der Waals surface area contributed by atoms with E-state index in [2.05, 4.69) is 10.2 Å². The lowest BCUT2D eigenvalue weighted by molar-refractivity contribution is -0.105. The summed E-state index contributed by atoms with van der Waals surface area (Å²) in [4.78, 5) is 25.9. The van der Waals surface area contributed by atoms with Gasteiger partial charge in [-0.2, -0.15) is 0 Å². The van der Waals surface area contributed by atoms with E-state index in [-0.39, 0.29) is 6.09 Å². The topological polar surface area (TPSA) is 61.9 Å². The summed E-state index contributed by atoms with van der Waals surface area (Å²) in [5.74, 6) is 0. The van der Waals surface area contributed by atoms with Crippen LogP contribution in [0, 0.1) is 0 Å². The van der Waals surface area contributed by atoms with Gasteiger partial charge in [0.2, 0.25) is 6.41 Å². The van der Waals surface area contributed by atoms with Gasteiger partial charge in [-0.15, -0.1) is 0 Å². The molecule has 0 unspecified atom stereocenters. The van der Waals surface area contributed by atoms with E-state index in [1.54, 1.807) is 24.0 Å². The normalized spacial score (nSPS) is 14.8. The molecule has 0 spiro atoms. The van der Waals surface area contributed by atoms with E-state index in [0.29, 0.717) is 49.9 Å². The Bertz CT molecular complexity index is 516. The molecule has 1 N–H and O–H groups in total. The molecule has 1 aliphatic rings. The van der Waals surface area contributed by atoms with Crippen molar-refractivity contribution < 1.29 is 14.3 Å². The molecule has 6 nitrogen and oxygen atoms in total. The summed E-state index contributed by atoms with van der Waals surface area (Å²) in [5.41, 5.74) is 1.56. The number of anilines is 2. The number of amides is 2. The highest BCUT2D eigenvalue weighted by atomic mass is 35.5. The molecule has 2 rings (SSSR count). The largest absolute Gasteiger partial charge is 0.450 e. The smallest absolute Gasteiger partial charge is 0.409 e. The highest BCUT2D eigenvalue weighted by Gasteiger charge is 2.23. The van der Waals surface area contributed by atoms with Crippen LogP contribution < -0.4 is 10.2 Å². The Balaban J connectivity index is 1.99. The molecule has 1 saturated heterocycles. The third-order valence-corrected chi connectivity index (χ3v) is 3.62. The molecule has 1 heterocycles. The van der Waals surface area contributed by atoms with Gasteiger partial charge in [0.1, 0.15) is 0 Å². The van der Waals surface area contributed by atoms with Crippen LogP contribution in [0.2, 0.25) is 5.02 Å². The number of halogens is 1. The third kappa shape index (κ3) is 3.78. The Morgan fingerprint density at radius 2 is 2.10 bits per heavy atom. The maximum absolute atomic E-state index is 11.6. The molecule has 0 aliphatic carbocycles. The molecule has 0 radical (unpaired) electrons. The number of hydrogen-bond donors (Lipinski definition) is 1. The molecular weight excluding hydrogens is 294 g/mol. The molecule has 7 heteroatoms. The van der Waals surface area contributed by atoms with Crippen LogP contribution in [0.4, 0.5) is 16.2 Å². The first-order chi connectivity index (χ1) is 10.2. The maximum atomic E-state index is 11.6. The molecule has 1 aliphatic heterocycles. The van der Waals surface area contributed by atoms with Crippen LogP contribution in [0.15, 0.2) is 18.2 Å². The number of carbonyl (C=O) groups excluding carboxylic acids is 2. The van der Waals surface area contributed by atoms with E-state index in [9.17, 15) is 9.59 Å². The van der Waals surface area contributed by atoms with Crippen molar-refractivity contribution in [3.05, 3.63) is 23.2 Å². The summed E-state index contributed by atoms with van der Waals surface area (Å²) in [6.45, 7) is 4.77. The predicted molar refractivity (Wildman–Crippen MR) is 81.9 cm³/mol. The van der Waals surface area contributed by atoms with E-state index in [1.807, 2.05) is 6.07 Å². The minimum Gasteiger partial charge on any atom is -0.450 e. The second-order valence-corrected chi connectivity index (χ2v) is 5.01. The number of ether oxygens (including phenoxy) is 1. The van der Waals surface area contributed by atoms with Crippen LogP contribution in [0.25, 0.3) is 0 Å². The quantitative estimate of drug-likeness (QED) is 0.866. The molecule has 0 saturated carbocycles. The Labute approximate surface area is 128 Å². The van der Waals surface area contributed by atoms with Crippen molar-refractivity contribution >= 4 is 35.5 Å². The Hall–Kier alpha value is -1.95. The monoisotopic (exact) mass is 311 g/mol. The lowest BCUT2D eigenvalue weighted by atomic mass is 10.2. The summed E-state index contributed by atoms with van der Waals surface area (Å²) in [6, 6.07) is 5.38. The summed E-state index contributed by atoms with van der Waals surface area (Å²) >= 11 is 6.24.